The number of aromatic nitrogens is 1. The molecule has 0 aliphatic heterocycles. The van der Waals surface area contributed by atoms with Crippen LogP contribution in [-0.4, -0.2) is 4.98 Å². The second kappa shape index (κ2) is 4.96. The van der Waals surface area contributed by atoms with Crippen molar-refractivity contribution >= 4 is 38.9 Å². The van der Waals surface area contributed by atoms with Gasteiger partial charge in [-0.25, -0.2) is 4.98 Å². The number of halogens is 2. The number of benzene rings is 1. The van der Waals surface area contributed by atoms with Crippen LogP contribution in [0.3, 0.4) is 0 Å². The minimum Gasteiger partial charge on any atom is -0.240 e. The van der Waals surface area contributed by atoms with Crippen LogP contribution in [0.15, 0.2) is 28.1 Å². The fourth-order valence-electron chi connectivity index (χ4n) is 1.23. The first kappa shape index (κ1) is 11.6. The molecule has 0 amide bonds. The third-order valence-electron chi connectivity index (χ3n) is 1.98. The molecule has 1 heterocycles. The van der Waals surface area contributed by atoms with Crippen molar-refractivity contribution < 1.29 is 0 Å². The molecule has 0 saturated heterocycles. The summed E-state index contributed by atoms with van der Waals surface area (Å²) in [6.45, 7) is 0. The zero-order valence-corrected chi connectivity index (χ0v) is 11.2. The predicted molar refractivity (Wildman–Crippen MR) is 69.6 cm³/mol. The van der Waals surface area contributed by atoms with Gasteiger partial charge in [-0.2, -0.15) is 5.26 Å². The topological polar surface area (TPSA) is 36.7 Å². The highest BCUT2D eigenvalue weighted by Gasteiger charge is 2.06. The van der Waals surface area contributed by atoms with E-state index < -0.39 is 0 Å². The van der Waals surface area contributed by atoms with E-state index >= 15 is 0 Å². The number of hydrogen-bond donors (Lipinski definition) is 0. The van der Waals surface area contributed by atoms with Gasteiger partial charge in [-0.15, -0.1) is 11.3 Å². The zero-order valence-electron chi connectivity index (χ0n) is 8.08. The Morgan fingerprint density at radius 2 is 2.31 bits per heavy atom. The van der Waals surface area contributed by atoms with Crippen LogP contribution in [-0.2, 0) is 6.42 Å². The lowest BCUT2D eigenvalue weighted by molar-refractivity contribution is 1.16. The molecule has 2 aromatic rings. The van der Waals surface area contributed by atoms with Crippen LogP contribution in [0.25, 0.3) is 10.6 Å². The molecule has 0 unspecified atom stereocenters. The first-order valence-corrected chi connectivity index (χ1v) is 6.52. The maximum atomic E-state index is 8.57. The Labute approximate surface area is 111 Å². The van der Waals surface area contributed by atoms with Gasteiger partial charge in [0.25, 0.3) is 0 Å². The van der Waals surface area contributed by atoms with Gasteiger partial charge in [0, 0.05) is 15.4 Å². The van der Waals surface area contributed by atoms with Crippen molar-refractivity contribution in [3.8, 4) is 16.6 Å². The molecule has 1 aromatic heterocycles. The fraction of sp³-hybridized carbons (Fsp3) is 0.0909. The van der Waals surface area contributed by atoms with Gasteiger partial charge in [0.15, 0.2) is 0 Å². The fourth-order valence-corrected chi connectivity index (χ4v) is 2.54. The van der Waals surface area contributed by atoms with Crippen LogP contribution in [0.1, 0.15) is 5.69 Å². The van der Waals surface area contributed by atoms with E-state index in [0.29, 0.717) is 11.4 Å². The van der Waals surface area contributed by atoms with E-state index in [1.807, 2.05) is 23.6 Å². The van der Waals surface area contributed by atoms with Crippen LogP contribution in [0, 0.1) is 11.3 Å². The van der Waals surface area contributed by atoms with Crippen LogP contribution in [0.4, 0.5) is 0 Å². The Hall–Kier alpha value is -0.890. The van der Waals surface area contributed by atoms with E-state index in [0.717, 1.165) is 20.7 Å². The highest BCUT2D eigenvalue weighted by Crippen LogP contribution is 2.30. The standard InChI is InChI=1S/C11H6BrClN2S/c12-9-5-7(1-2-10(9)13)11-15-8(3-4-14)6-16-11/h1-2,5-6H,3H2. The number of rotatable bonds is 2. The van der Waals surface area contributed by atoms with E-state index in [1.54, 1.807) is 0 Å². The molecule has 16 heavy (non-hydrogen) atoms. The van der Waals surface area contributed by atoms with E-state index in [2.05, 4.69) is 27.0 Å². The first-order valence-electron chi connectivity index (χ1n) is 4.47. The normalized spacial score (nSPS) is 10.1. The van der Waals surface area contributed by atoms with Crippen molar-refractivity contribution in [2.45, 2.75) is 6.42 Å². The second-order valence-corrected chi connectivity index (χ2v) is 5.23. The Kier molecular flexibility index (Phi) is 3.59. The van der Waals surface area contributed by atoms with Gasteiger partial charge in [-0.1, -0.05) is 17.7 Å². The molecule has 0 radical (unpaired) electrons. The number of hydrogen-bond acceptors (Lipinski definition) is 3. The van der Waals surface area contributed by atoms with Crippen LogP contribution >= 0.6 is 38.9 Å². The molecular weight excluding hydrogens is 308 g/mol. The molecule has 0 saturated carbocycles. The third-order valence-corrected chi connectivity index (χ3v) is 4.13. The summed E-state index contributed by atoms with van der Waals surface area (Å²) in [7, 11) is 0. The molecular formula is C11H6BrClN2S. The lowest BCUT2D eigenvalue weighted by Gasteiger charge is -1.99. The van der Waals surface area contributed by atoms with Crippen LogP contribution < -0.4 is 0 Å². The highest BCUT2D eigenvalue weighted by atomic mass is 79.9. The molecule has 0 N–H and O–H groups in total. The van der Waals surface area contributed by atoms with Crippen molar-refractivity contribution in [2.75, 3.05) is 0 Å². The van der Waals surface area contributed by atoms with Gasteiger partial charge >= 0.3 is 0 Å². The quantitative estimate of drug-likeness (QED) is 0.829. The van der Waals surface area contributed by atoms with Gasteiger partial charge < -0.3 is 0 Å². The summed E-state index contributed by atoms with van der Waals surface area (Å²) in [6.07, 6.45) is 0.352. The predicted octanol–water partition coefficient (Wildman–Crippen LogP) is 4.29. The number of nitriles is 1. The van der Waals surface area contributed by atoms with Crippen LogP contribution in [0.5, 0.6) is 0 Å². The van der Waals surface area contributed by atoms with Gasteiger partial charge in [0.05, 0.1) is 23.2 Å². The maximum absolute atomic E-state index is 8.57. The van der Waals surface area contributed by atoms with Crippen molar-refractivity contribution in [1.29, 1.82) is 5.26 Å². The average molecular weight is 314 g/mol. The summed E-state index contributed by atoms with van der Waals surface area (Å²) in [5.74, 6) is 0. The molecule has 2 nitrogen and oxygen atoms in total. The maximum Gasteiger partial charge on any atom is 0.123 e. The zero-order chi connectivity index (χ0) is 11.5. The molecule has 0 bridgehead atoms. The molecule has 0 aliphatic rings. The third kappa shape index (κ3) is 2.43. The molecule has 5 heteroatoms. The highest BCUT2D eigenvalue weighted by molar-refractivity contribution is 9.10. The first-order chi connectivity index (χ1) is 7.70. The van der Waals surface area contributed by atoms with E-state index in [9.17, 15) is 0 Å². The number of thiazole rings is 1. The largest absolute Gasteiger partial charge is 0.240 e. The summed E-state index contributed by atoms with van der Waals surface area (Å²) in [5, 5.41) is 12.1. The van der Waals surface area contributed by atoms with E-state index in [-0.39, 0.29) is 0 Å². The summed E-state index contributed by atoms with van der Waals surface area (Å²) < 4.78 is 0.851. The molecule has 2 rings (SSSR count). The summed E-state index contributed by atoms with van der Waals surface area (Å²) in [4.78, 5) is 4.37. The Morgan fingerprint density at radius 3 is 3.00 bits per heavy atom. The van der Waals surface area contributed by atoms with Crippen molar-refractivity contribution in [3.63, 3.8) is 0 Å². The van der Waals surface area contributed by atoms with E-state index in [4.69, 9.17) is 16.9 Å². The average Bonchev–Trinajstić information content (AvgIpc) is 2.71. The van der Waals surface area contributed by atoms with Crippen molar-refractivity contribution in [2.24, 2.45) is 0 Å². The van der Waals surface area contributed by atoms with Gasteiger partial charge in [0.2, 0.25) is 0 Å². The number of nitrogens with zero attached hydrogens (tertiary/aromatic N) is 2. The monoisotopic (exact) mass is 312 g/mol. The summed E-state index contributed by atoms with van der Waals surface area (Å²) in [6, 6.07) is 7.76. The smallest absolute Gasteiger partial charge is 0.123 e. The minimum absolute atomic E-state index is 0.352. The van der Waals surface area contributed by atoms with Crippen LogP contribution in [0.2, 0.25) is 5.02 Å². The molecule has 0 aliphatic carbocycles. The molecule has 80 valence electrons. The summed E-state index contributed by atoms with van der Waals surface area (Å²) >= 11 is 10.8. The second-order valence-electron chi connectivity index (χ2n) is 3.11. The summed E-state index contributed by atoms with van der Waals surface area (Å²) in [5.41, 5.74) is 1.82. The van der Waals surface area contributed by atoms with Crippen molar-refractivity contribution in [3.05, 3.63) is 38.8 Å². The Balaban J connectivity index is 2.36. The minimum atomic E-state index is 0.352. The molecule has 0 fully saturated rings. The van der Waals surface area contributed by atoms with Gasteiger partial charge in [-0.05, 0) is 28.1 Å². The molecule has 1 aromatic carbocycles. The van der Waals surface area contributed by atoms with Crippen molar-refractivity contribution in [1.82, 2.24) is 4.98 Å². The SMILES string of the molecule is N#CCc1csc(-c2ccc(Cl)c(Br)c2)n1. The lowest BCUT2D eigenvalue weighted by Crippen LogP contribution is -1.82. The van der Waals surface area contributed by atoms with E-state index in [1.165, 1.54) is 11.3 Å². The lowest BCUT2D eigenvalue weighted by atomic mass is 10.2. The van der Waals surface area contributed by atoms with Gasteiger partial charge in [0.1, 0.15) is 5.01 Å². The molecule has 0 atom stereocenters. The molecule has 0 spiro atoms. The Bertz CT molecular complexity index is 559. The van der Waals surface area contributed by atoms with Gasteiger partial charge in [-0.3, -0.25) is 0 Å². The Morgan fingerprint density at radius 1 is 1.50 bits per heavy atom.